The monoisotopic (exact) mass is 200 g/mol. The van der Waals surface area contributed by atoms with E-state index in [4.69, 9.17) is 23.1 Å². The number of nitrogen functional groups attached to an aromatic ring is 1. The van der Waals surface area contributed by atoms with Crippen LogP contribution in [0.2, 0.25) is 5.02 Å². The molecule has 70 valence electrons. The zero-order valence-corrected chi connectivity index (χ0v) is 7.74. The summed E-state index contributed by atoms with van der Waals surface area (Å²) in [5.74, 6) is -0.287. The van der Waals surface area contributed by atoms with E-state index in [1.165, 1.54) is 6.07 Å². The Morgan fingerprint density at radius 1 is 1.54 bits per heavy atom. The molecule has 0 aromatic heterocycles. The molecule has 1 atom stereocenters. The maximum absolute atomic E-state index is 13.3. The van der Waals surface area contributed by atoms with E-state index in [2.05, 4.69) is 0 Å². The van der Waals surface area contributed by atoms with Crippen LogP contribution in [-0.4, -0.2) is 0 Å². The van der Waals surface area contributed by atoms with Crippen LogP contribution >= 0.6 is 11.6 Å². The van der Waals surface area contributed by atoms with Crippen LogP contribution < -0.4 is 11.5 Å². The summed E-state index contributed by atoms with van der Waals surface area (Å²) in [6, 6.07) is 1.10. The van der Waals surface area contributed by atoms with Gasteiger partial charge in [-0.15, -0.1) is 0 Å². The number of halogens is 2. The summed E-state index contributed by atoms with van der Waals surface area (Å²) in [4.78, 5) is 0. The standard InChI is InChI=1S/C9H10ClFN2/c10-9-7(13)3-5(11)4-1-2-6(12)8(4)9/h3,6H,1-2,12-13H2. The summed E-state index contributed by atoms with van der Waals surface area (Å²) < 4.78 is 13.3. The molecule has 1 unspecified atom stereocenters. The number of nitrogens with two attached hydrogens (primary N) is 2. The summed E-state index contributed by atoms with van der Waals surface area (Å²) in [5.41, 5.74) is 12.9. The Bertz CT molecular complexity index is 365. The van der Waals surface area contributed by atoms with Gasteiger partial charge in [-0.3, -0.25) is 0 Å². The van der Waals surface area contributed by atoms with Crippen LogP contribution in [-0.2, 0) is 6.42 Å². The largest absolute Gasteiger partial charge is 0.397 e. The summed E-state index contributed by atoms with van der Waals surface area (Å²) in [6.07, 6.45) is 1.40. The van der Waals surface area contributed by atoms with Gasteiger partial charge in [-0.1, -0.05) is 11.6 Å². The number of hydrogen-bond acceptors (Lipinski definition) is 2. The Labute approximate surface area is 80.7 Å². The van der Waals surface area contributed by atoms with Gasteiger partial charge < -0.3 is 11.5 Å². The van der Waals surface area contributed by atoms with E-state index in [1.807, 2.05) is 0 Å². The summed E-state index contributed by atoms with van der Waals surface area (Å²) in [7, 11) is 0. The molecule has 0 radical (unpaired) electrons. The Kier molecular flexibility index (Phi) is 1.93. The van der Waals surface area contributed by atoms with Gasteiger partial charge in [-0.25, -0.2) is 4.39 Å². The average Bonchev–Trinajstić information content (AvgIpc) is 2.44. The van der Waals surface area contributed by atoms with Gasteiger partial charge in [-0.05, 0) is 30.0 Å². The first-order chi connectivity index (χ1) is 6.11. The van der Waals surface area contributed by atoms with E-state index in [0.29, 0.717) is 22.6 Å². The lowest BCUT2D eigenvalue weighted by Gasteiger charge is -2.10. The zero-order chi connectivity index (χ0) is 9.59. The van der Waals surface area contributed by atoms with Crippen molar-refractivity contribution in [2.45, 2.75) is 18.9 Å². The predicted octanol–water partition coefficient (Wildman–Crippen LogP) is 2.01. The molecule has 13 heavy (non-hydrogen) atoms. The fraction of sp³-hybridized carbons (Fsp3) is 0.333. The van der Waals surface area contributed by atoms with Crippen LogP contribution in [0.5, 0.6) is 0 Å². The Hall–Kier alpha value is -0.800. The van der Waals surface area contributed by atoms with E-state index >= 15 is 0 Å². The van der Waals surface area contributed by atoms with Gasteiger partial charge in [0.25, 0.3) is 0 Å². The Balaban J connectivity index is 2.70. The maximum atomic E-state index is 13.3. The second-order valence-electron chi connectivity index (χ2n) is 3.30. The van der Waals surface area contributed by atoms with Crippen molar-refractivity contribution in [3.05, 3.63) is 28.0 Å². The van der Waals surface area contributed by atoms with Gasteiger partial charge in [0.15, 0.2) is 0 Å². The first-order valence-electron chi connectivity index (χ1n) is 4.13. The van der Waals surface area contributed by atoms with Crippen molar-refractivity contribution in [3.63, 3.8) is 0 Å². The summed E-state index contributed by atoms with van der Waals surface area (Å²) in [5, 5.41) is 0.418. The minimum absolute atomic E-state index is 0.166. The van der Waals surface area contributed by atoms with E-state index in [9.17, 15) is 4.39 Å². The zero-order valence-electron chi connectivity index (χ0n) is 6.98. The first-order valence-corrected chi connectivity index (χ1v) is 4.51. The van der Waals surface area contributed by atoms with Crippen LogP contribution in [0.25, 0.3) is 0 Å². The van der Waals surface area contributed by atoms with Crippen LogP contribution in [0, 0.1) is 5.82 Å². The third kappa shape index (κ3) is 1.19. The third-order valence-electron chi connectivity index (χ3n) is 2.46. The minimum atomic E-state index is -0.287. The van der Waals surface area contributed by atoms with Crippen LogP contribution in [0.15, 0.2) is 6.07 Å². The van der Waals surface area contributed by atoms with Crippen LogP contribution in [0.1, 0.15) is 23.6 Å². The third-order valence-corrected chi connectivity index (χ3v) is 2.88. The second kappa shape index (κ2) is 2.86. The van der Waals surface area contributed by atoms with Gasteiger partial charge >= 0.3 is 0 Å². The van der Waals surface area contributed by atoms with E-state index in [1.54, 1.807) is 0 Å². The van der Waals surface area contributed by atoms with E-state index in [0.717, 1.165) is 6.42 Å². The lowest BCUT2D eigenvalue weighted by molar-refractivity contribution is 0.613. The molecular weight excluding hydrogens is 191 g/mol. The molecule has 0 saturated carbocycles. The fourth-order valence-corrected chi connectivity index (χ4v) is 2.10. The highest BCUT2D eigenvalue weighted by molar-refractivity contribution is 6.34. The van der Waals surface area contributed by atoms with Gasteiger partial charge in [0.1, 0.15) is 5.82 Å². The molecule has 0 spiro atoms. The minimum Gasteiger partial charge on any atom is -0.397 e. The van der Waals surface area contributed by atoms with Gasteiger partial charge in [0, 0.05) is 6.04 Å². The second-order valence-corrected chi connectivity index (χ2v) is 3.68. The van der Waals surface area contributed by atoms with Gasteiger partial charge in [0.2, 0.25) is 0 Å². The molecule has 1 aliphatic carbocycles. The number of benzene rings is 1. The summed E-state index contributed by atoms with van der Waals surface area (Å²) >= 11 is 5.93. The highest BCUT2D eigenvalue weighted by atomic mass is 35.5. The van der Waals surface area contributed by atoms with Crippen molar-refractivity contribution >= 4 is 17.3 Å². The average molecular weight is 201 g/mol. The molecular formula is C9H10ClFN2. The van der Waals surface area contributed by atoms with Gasteiger partial charge in [-0.2, -0.15) is 0 Å². The lowest BCUT2D eigenvalue weighted by atomic mass is 10.1. The van der Waals surface area contributed by atoms with Crippen molar-refractivity contribution in [3.8, 4) is 0 Å². The summed E-state index contributed by atoms with van der Waals surface area (Å²) in [6.45, 7) is 0. The molecule has 0 bridgehead atoms. The molecule has 0 saturated heterocycles. The molecule has 0 amide bonds. The quantitative estimate of drug-likeness (QED) is 0.630. The molecule has 1 aromatic rings. The molecule has 0 heterocycles. The molecule has 4 heteroatoms. The fourth-order valence-electron chi connectivity index (χ4n) is 1.79. The van der Waals surface area contributed by atoms with E-state index in [-0.39, 0.29) is 17.5 Å². The van der Waals surface area contributed by atoms with Crippen molar-refractivity contribution < 1.29 is 4.39 Å². The smallest absolute Gasteiger partial charge is 0.128 e. The molecule has 0 aliphatic heterocycles. The van der Waals surface area contributed by atoms with Crippen LogP contribution in [0.3, 0.4) is 0 Å². The van der Waals surface area contributed by atoms with Crippen LogP contribution in [0.4, 0.5) is 10.1 Å². The predicted molar refractivity (Wildman–Crippen MR) is 51.1 cm³/mol. The topological polar surface area (TPSA) is 52.0 Å². The Morgan fingerprint density at radius 2 is 2.23 bits per heavy atom. The van der Waals surface area contributed by atoms with Crippen molar-refractivity contribution in [2.24, 2.45) is 5.73 Å². The highest BCUT2D eigenvalue weighted by Gasteiger charge is 2.26. The number of anilines is 1. The van der Waals surface area contributed by atoms with E-state index < -0.39 is 0 Å². The van der Waals surface area contributed by atoms with Crippen molar-refractivity contribution in [1.29, 1.82) is 0 Å². The highest BCUT2D eigenvalue weighted by Crippen LogP contribution is 2.39. The molecule has 1 aromatic carbocycles. The number of fused-ring (bicyclic) bond motifs is 1. The maximum Gasteiger partial charge on any atom is 0.128 e. The SMILES string of the molecule is Nc1cc(F)c2c(c1Cl)C(N)CC2. The molecule has 2 rings (SSSR count). The van der Waals surface area contributed by atoms with Crippen molar-refractivity contribution in [2.75, 3.05) is 5.73 Å². The number of hydrogen-bond donors (Lipinski definition) is 2. The molecule has 0 fully saturated rings. The molecule has 1 aliphatic rings. The molecule has 4 N–H and O–H groups in total. The Morgan fingerprint density at radius 3 is 2.92 bits per heavy atom. The normalized spacial score (nSPS) is 20.4. The van der Waals surface area contributed by atoms with Crippen molar-refractivity contribution in [1.82, 2.24) is 0 Å². The van der Waals surface area contributed by atoms with Gasteiger partial charge in [0.05, 0.1) is 10.7 Å². The lowest BCUT2D eigenvalue weighted by Crippen LogP contribution is -2.07. The molecule has 2 nitrogen and oxygen atoms in total. The number of rotatable bonds is 0. The first kappa shape index (κ1) is 8.78.